The lowest BCUT2D eigenvalue weighted by Gasteiger charge is -2.16. The number of anilines is 1. The van der Waals surface area contributed by atoms with Crippen LogP contribution in [0.4, 0.5) is 5.69 Å². The van der Waals surface area contributed by atoms with E-state index >= 15 is 0 Å². The van der Waals surface area contributed by atoms with Crippen LogP contribution in [0.25, 0.3) is 0 Å². The number of fused-ring (bicyclic) bond motifs is 1. The van der Waals surface area contributed by atoms with Crippen LogP contribution < -0.4 is 9.62 Å². The third-order valence-corrected chi connectivity index (χ3v) is 6.56. The molecule has 3 rings (SSSR count). The first-order valence-electron chi connectivity index (χ1n) is 9.08. The summed E-state index contributed by atoms with van der Waals surface area (Å²) in [5.41, 5.74) is 2.73. The van der Waals surface area contributed by atoms with Gasteiger partial charge < -0.3 is 4.90 Å². The van der Waals surface area contributed by atoms with Crippen LogP contribution in [0.5, 0.6) is 0 Å². The van der Waals surface area contributed by atoms with Crippen molar-refractivity contribution in [2.45, 2.75) is 37.5 Å². The second-order valence-corrected chi connectivity index (χ2v) is 8.71. The van der Waals surface area contributed by atoms with Gasteiger partial charge in [-0.15, -0.1) is 0 Å². The van der Waals surface area contributed by atoms with Crippen LogP contribution in [0.2, 0.25) is 5.02 Å². The molecule has 0 saturated carbocycles. The Morgan fingerprint density at radius 2 is 2.00 bits per heavy atom. The molecule has 0 atom stereocenters. The third-order valence-electron chi connectivity index (χ3n) is 4.73. The minimum Gasteiger partial charge on any atom is -0.312 e. The molecule has 0 fully saturated rings. The van der Waals surface area contributed by atoms with Gasteiger partial charge in [0.15, 0.2) is 0 Å². The molecule has 0 bridgehead atoms. The molecule has 1 amide bonds. The molecule has 1 N–H and O–H groups in total. The van der Waals surface area contributed by atoms with E-state index in [1.807, 2.05) is 31.2 Å². The van der Waals surface area contributed by atoms with Gasteiger partial charge in [-0.2, -0.15) is 0 Å². The highest BCUT2D eigenvalue weighted by Crippen LogP contribution is 2.30. The highest BCUT2D eigenvalue weighted by Gasteiger charge is 2.25. The number of amides is 1. The summed E-state index contributed by atoms with van der Waals surface area (Å²) in [6, 6.07) is 12.5. The van der Waals surface area contributed by atoms with Crippen LogP contribution in [0.1, 0.15) is 30.9 Å². The normalized spacial score (nSPS) is 13.6. The molecule has 7 heteroatoms. The zero-order valence-corrected chi connectivity index (χ0v) is 16.8. The number of hydrogen-bond acceptors (Lipinski definition) is 3. The summed E-state index contributed by atoms with van der Waals surface area (Å²) >= 11 is 6.12. The smallest absolute Gasteiger partial charge is 0.240 e. The molecular weight excluding hydrogens is 384 g/mol. The van der Waals surface area contributed by atoms with Crippen LogP contribution >= 0.6 is 11.6 Å². The van der Waals surface area contributed by atoms with Crippen molar-refractivity contribution in [1.29, 1.82) is 0 Å². The molecule has 144 valence electrons. The fourth-order valence-electron chi connectivity index (χ4n) is 3.27. The molecule has 1 heterocycles. The van der Waals surface area contributed by atoms with E-state index in [2.05, 4.69) is 4.72 Å². The number of carbonyl (C=O) groups is 1. The van der Waals surface area contributed by atoms with E-state index in [4.69, 9.17) is 11.6 Å². The minimum absolute atomic E-state index is 0.0575. The van der Waals surface area contributed by atoms with Crippen molar-refractivity contribution in [3.05, 3.63) is 58.6 Å². The fraction of sp³-hybridized carbons (Fsp3) is 0.350. The third kappa shape index (κ3) is 4.51. The molecule has 2 aromatic carbocycles. The van der Waals surface area contributed by atoms with Crippen molar-refractivity contribution in [3.8, 4) is 0 Å². The number of benzene rings is 2. The molecule has 0 unspecified atom stereocenters. The minimum atomic E-state index is -3.58. The lowest BCUT2D eigenvalue weighted by Crippen LogP contribution is -2.28. The van der Waals surface area contributed by atoms with E-state index in [0.29, 0.717) is 43.8 Å². The van der Waals surface area contributed by atoms with E-state index in [1.165, 1.54) is 0 Å². The Bertz CT molecular complexity index is 944. The molecule has 1 aliphatic rings. The number of nitrogens with one attached hydrogen (secondary N) is 1. The Balaban J connectivity index is 1.62. The number of halogens is 1. The average molecular weight is 407 g/mol. The summed E-state index contributed by atoms with van der Waals surface area (Å²) < 4.78 is 27.8. The van der Waals surface area contributed by atoms with Gasteiger partial charge in [-0.25, -0.2) is 13.1 Å². The Morgan fingerprint density at radius 3 is 2.74 bits per heavy atom. The summed E-state index contributed by atoms with van der Waals surface area (Å²) in [6.07, 6.45) is 2.48. The lowest BCUT2D eigenvalue weighted by atomic mass is 10.1. The first kappa shape index (κ1) is 19.9. The molecule has 0 radical (unpaired) electrons. The largest absolute Gasteiger partial charge is 0.312 e. The van der Waals surface area contributed by atoms with Gasteiger partial charge in [-0.1, -0.05) is 36.7 Å². The maximum atomic E-state index is 12.6. The summed E-state index contributed by atoms with van der Waals surface area (Å²) in [5.74, 6) is 0.0575. The van der Waals surface area contributed by atoms with Gasteiger partial charge >= 0.3 is 0 Å². The summed E-state index contributed by atoms with van der Waals surface area (Å²) in [4.78, 5) is 13.9. The predicted molar refractivity (Wildman–Crippen MR) is 108 cm³/mol. The molecule has 0 saturated heterocycles. The van der Waals surface area contributed by atoms with Gasteiger partial charge in [0.25, 0.3) is 0 Å². The highest BCUT2D eigenvalue weighted by molar-refractivity contribution is 7.89. The molecule has 0 aliphatic carbocycles. The van der Waals surface area contributed by atoms with Crippen molar-refractivity contribution in [2.75, 3.05) is 18.0 Å². The molecule has 2 aromatic rings. The quantitative estimate of drug-likeness (QED) is 0.715. The molecule has 5 nitrogen and oxygen atoms in total. The number of rotatable bonds is 7. The Morgan fingerprint density at radius 1 is 1.22 bits per heavy atom. The maximum absolute atomic E-state index is 12.6. The van der Waals surface area contributed by atoms with Crippen LogP contribution in [-0.4, -0.2) is 27.4 Å². The second kappa shape index (κ2) is 8.42. The number of aryl methyl sites for hydroxylation is 1. The van der Waals surface area contributed by atoms with Crippen molar-refractivity contribution >= 4 is 33.2 Å². The van der Waals surface area contributed by atoms with Crippen LogP contribution in [0, 0.1) is 0 Å². The number of hydrogen-bond donors (Lipinski definition) is 1. The highest BCUT2D eigenvalue weighted by atomic mass is 35.5. The number of sulfonamides is 1. The average Bonchev–Trinajstić information content (AvgIpc) is 3.09. The Hall–Kier alpha value is -1.89. The van der Waals surface area contributed by atoms with Crippen molar-refractivity contribution in [2.24, 2.45) is 0 Å². The summed E-state index contributed by atoms with van der Waals surface area (Å²) in [7, 11) is -3.58. The van der Waals surface area contributed by atoms with E-state index < -0.39 is 10.0 Å². The van der Waals surface area contributed by atoms with E-state index in [9.17, 15) is 13.2 Å². The summed E-state index contributed by atoms with van der Waals surface area (Å²) in [5, 5.41) is 0.699. The zero-order chi connectivity index (χ0) is 19.4. The zero-order valence-electron chi connectivity index (χ0n) is 15.2. The van der Waals surface area contributed by atoms with E-state index in [0.717, 1.165) is 16.8 Å². The van der Waals surface area contributed by atoms with Gasteiger partial charge in [-0.3, -0.25) is 4.79 Å². The molecular formula is C20H23ClN2O3S. The fourth-order valence-corrected chi connectivity index (χ4v) is 4.62. The number of nitrogens with zero attached hydrogens (tertiary/aromatic N) is 1. The topological polar surface area (TPSA) is 66.5 Å². The van der Waals surface area contributed by atoms with E-state index in [1.54, 1.807) is 23.1 Å². The first-order valence-corrected chi connectivity index (χ1v) is 10.9. The van der Waals surface area contributed by atoms with Gasteiger partial charge in [0.1, 0.15) is 0 Å². The van der Waals surface area contributed by atoms with Gasteiger partial charge in [-0.05, 0) is 54.7 Å². The van der Waals surface area contributed by atoms with Crippen molar-refractivity contribution in [3.63, 3.8) is 0 Å². The monoisotopic (exact) mass is 406 g/mol. The van der Waals surface area contributed by atoms with Gasteiger partial charge in [0, 0.05) is 30.2 Å². The van der Waals surface area contributed by atoms with Crippen molar-refractivity contribution in [1.82, 2.24) is 4.72 Å². The standard InChI is InChI=1S/C20H23ClN2O3S/c1-2-20(24)23-13-11-16-14-17(9-10-19(16)23)27(25,26)22-12-5-7-15-6-3-4-8-18(15)21/h3-4,6,8-10,14,22H,2,5,7,11-13H2,1H3. The van der Waals surface area contributed by atoms with Crippen molar-refractivity contribution < 1.29 is 13.2 Å². The van der Waals surface area contributed by atoms with E-state index in [-0.39, 0.29) is 10.8 Å². The molecule has 1 aliphatic heterocycles. The molecule has 0 spiro atoms. The lowest BCUT2D eigenvalue weighted by molar-refractivity contribution is -0.118. The van der Waals surface area contributed by atoms with Crippen LogP contribution in [-0.2, 0) is 27.7 Å². The molecule has 0 aromatic heterocycles. The van der Waals surface area contributed by atoms with Crippen LogP contribution in [0.3, 0.4) is 0 Å². The van der Waals surface area contributed by atoms with Gasteiger partial charge in [0.05, 0.1) is 4.90 Å². The summed E-state index contributed by atoms with van der Waals surface area (Å²) in [6.45, 7) is 2.77. The van der Waals surface area contributed by atoms with Crippen LogP contribution in [0.15, 0.2) is 47.4 Å². The molecule has 27 heavy (non-hydrogen) atoms. The van der Waals surface area contributed by atoms with Gasteiger partial charge in [0.2, 0.25) is 15.9 Å². The number of carbonyl (C=O) groups excluding carboxylic acids is 1. The Labute approximate surface area is 165 Å². The first-order chi connectivity index (χ1) is 12.9. The Kier molecular flexibility index (Phi) is 6.19. The second-order valence-electron chi connectivity index (χ2n) is 6.53. The predicted octanol–water partition coefficient (Wildman–Crippen LogP) is 3.55. The SMILES string of the molecule is CCC(=O)N1CCc2cc(S(=O)(=O)NCCCc3ccccc3Cl)ccc21. The maximum Gasteiger partial charge on any atom is 0.240 e.